The molecule has 0 fully saturated rings. The standard InChI is InChI=1S/C39H79NO4/c1-3-5-7-9-11-12-13-14-15-16-17-18-19-20-21-22-23-24-25-27-29-31-33-38(43)37(35-41)40-39(44)34-36(42)32-30-28-26-10-8-6-4-2/h36-38,41-43H,3-35H2,1-2H3,(H,40,44). The maximum atomic E-state index is 12.3. The zero-order chi connectivity index (χ0) is 32.4. The summed E-state index contributed by atoms with van der Waals surface area (Å²) in [5, 5.41) is 33.1. The summed E-state index contributed by atoms with van der Waals surface area (Å²) in [6, 6.07) is -0.650. The average molecular weight is 626 g/mol. The zero-order valence-electron chi connectivity index (χ0n) is 29.8. The zero-order valence-corrected chi connectivity index (χ0v) is 29.8. The number of aliphatic hydroxyl groups is 3. The van der Waals surface area contributed by atoms with Gasteiger partial charge in [-0.15, -0.1) is 0 Å². The van der Waals surface area contributed by atoms with Crippen LogP contribution in [-0.4, -0.2) is 46.1 Å². The molecule has 0 saturated carbocycles. The van der Waals surface area contributed by atoms with Crippen LogP contribution < -0.4 is 5.32 Å². The van der Waals surface area contributed by atoms with E-state index in [1.165, 1.54) is 161 Å². The van der Waals surface area contributed by atoms with Crippen molar-refractivity contribution in [1.29, 1.82) is 0 Å². The van der Waals surface area contributed by atoms with Crippen molar-refractivity contribution in [3.63, 3.8) is 0 Å². The predicted octanol–water partition coefficient (Wildman–Crippen LogP) is 10.7. The van der Waals surface area contributed by atoms with Crippen molar-refractivity contribution in [1.82, 2.24) is 5.32 Å². The van der Waals surface area contributed by atoms with Crippen molar-refractivity contribution in [2.24, 2.45) is 0 Å². The second-order valence-electron chi connectivity index (χ2n) is 13.9. The molecule has 0 spiro atoms. The molecule has 1 amide bonds. The van der Waals surface area contributed by atoms with Gasteiger partial charge in [-0.3, -0.25) is 4.79 Å². The molecule has 4 N–H and O–H groups in total. The SMILES string of the molecule is CCCCCCCCCCCCCCCCCCCCCCCCC(O)C(CO)NC(=O)CC(O)CCCCCCCCC. The molecule has 0 aliphatic rings. The number of hydrogen-bond donors (Lipinski definition) is 4. The Morgan fingerprint density at radius 1 is 0.477 bits per heavy atom. The van der Waals surface area contributed by atoms with E-state index < -0.39 is 18.2 Å². The number of rotatable bonds is 36. The van der Waals surface area contributed by atoms with E-state index in [2.05, 4.69) is 19.2 Å². The predicted molar refractivity (Wildman–Crippen MR) is 190 cm³/mol. The van der Waals surface area contributed by atoms with Crippen molar-refractivity contribution in [2.45, 2.75) is 238 Å². The van der Waals surface area contributed by atoms with E-state index in [0.29, 0.717) is 12.8 Å². The Morgan fingerprint density at radius 3 is 1.09 bits per heavy atom. The lowest BCUT2D eigenvalue weighted by Crippen LogP contribution is -2.46. The van der Waals surface area contributed by atoms with Gasteiger partial charge in [-0.25, -0.2) is 0 Å². The molecular formula is C39H79NO4. The van der Waals surface area contributed by atoms with Crippen molar-refractivity contribution in [2.75, 3.05) is 6.61 Å². The van der Waals surface area contributed by atoms with Gasteiger partial charge in [0.2, 0.25) is 5.91 Å². The molecule has 0 rings (SSSR count). The molecule has 0 aliphatic heterocycles. The first-order valence-corrected chi connectivity index (χ1v) is 19.8. The first-order chi connectivity index (χ1) is 21.5. The molecule has 0 bridgehead atoms. The molecule has 3 atom stereocenters. The third-order valence-corrected chi connectivity index (χ3v) is 9.42. The highest BCUT2D eigenvalue weighted by Crippen LogP contribution is 2.16. The number of nitrogens with one attached hydrogen (secondary N) is 1. The van der Waals surface area contributed by atoms with E-state index in [1.54, 1.807) is 0 Å². The minimum absolute atomic E-state index is 0.0401. The highest BCUT2D eigenvalue weighted by molar-refractivity contribution is 5.76. The lowest BCUT2D eigenvalue weighted by Gasteiger charge is -2.23. The molecule has 0 aromatic carbocycles. The van der Waals surface area contributed by atoms with Crippen LogP contribution in [0.3, 0.4) is 0 Å². The molecule has 5 nitrogen and oxygen atoms in total. The van der Waals surface area contributed by atoms with Gasteiger partial charge in [0, 0.05) is 0 Å². The summed E-state index contributed by atoms with van der Waals surface area (Å²) in [6.07, 6.45) is 38.0. The van der Waals surface area contributed by atoms with Crippen molar-refractivity contribution in [3.8, 4) is 0 Å². The summed E-state index contributed by atoms with van der Waals surface area (Å²) < 4.78 is 0. The Labute approximate surface area is 275 Å². The molecular weight excluding hydrogens is 546 g/mol. The van der Waals surface area contributed by atoms with Crippen molar-refractivity contribution >= 4 is 5.91 Å². The van der Waals surface area contributed by atoms with Crippen molar-refractivity contribution < 1.29 is 20.1 Å². The van der Waals surface area contributed by atoms with Crippen molar-refractivity contribution in [3.05, 3.63) is 0 Å². The summed E-state index contributed by atoms with van der Waals surface area (Å²) >= 11 is 0. The first-order valence-electron chi connectivity index (χ1n) is 19.8. The number of carbonyl (C=O) groups excluding carboxylic acids is 1. The Balaban J connectivity index is 3.52. The van der Waals surface area contributed by atoms with Crippen LogP contribution in [0.15, 0.2) is 0 Å². The van der Waals surface area contributed by atoms with Crippen LogP contribution in [0.1, 0.15) is 219 Å². The Hall–Kier alpha value is -0.650. The topological polar surface area (TPSA) is 89.8 Å². The van der Waals surface area contributed by atoms with Crippen LogP contribution in [0.25, 0.3) is 0 Å². The van der Waals surface area contributed by atoms with E-state index in [4.69, 9.17) is 0 Å². The highest BCUT2D eigenvalue weighted by atomic mass is 16.3. The molecule has 0 heterocycles. The van der Waals surface area contributed by atoms with Gasteiger partial charge in [0.05, 0.1) is 31.3 Å². The number of unbranched alkanes of at least 4 members (excludes halogenated alkanes) is 27. The van der Waals surface area contributed by atoms with Gasteiger partial charge in [-0.2, -0.15) is 0 Å². The Bertz CT molecular complexity index is 572. The maximum Gasteiger partial charge on any atom is 0.222 e. The summed E-state index contributed by atoms with van der Waals surface area (Å²) in [5.74, 6) is -0.285. The average Bonchev–Trinajstić information content (AvgIpc) is 3.01. The normalized spacial score (nSPS) is 13.7. The van der Waals surface area contributed by atoms with Crippen LogP contribution in [0.4, 0.5) is 0 Å². The number of aliphatic hydroxyl groups excluding tert-OH is 3. The van der Waals surface area contributed by atoms with Gasteiger partial charge in [-0.1, -0.05) is 200 Å². The van der Waals surface area contributed by atoms with Gasteiger partial charge in [0.1, 0.15) is 0 Å². The van der Waals surface area contributed by atoms with Crippen LogP contribution in [0.5, 0.6) is 0 Å². The molecule has 0 radical (unpaired) electrons. The molecule has 0 aromatic heterocycles. The molecule has 3 unspecified atom stereocenters. The van der Waals surface area contributed by atoms with E-state index >= 15 is 0 Å². The third kappa shape index (κ3) is 31.3. The molecule has 0 aliphatic carbocycles. The molecule has 264 valence electrons. The Morgan fingerprint density at radius 2 is 0.773 bits per heavy atom. The highest BCUT2D eigenvalue weighted by Gasteiger charge is 2.21. The minimum atomic E-state index is -0.741. The lowest BCUT2D eigenvalue weighted by atomic mass is 10.0. The van der Waals surface area contributed by atoms with Crippen LogP contribution in [0, 0.1) is 0 Å². The first kappa shape index (κ1) is 43.4. The molecule has 5 heteroatoms. The Kier molecular flexibility index (Phi) is 34.7. The number of carbonyl (C=O) groups is 1. The van der Waals surface area contributed by atoms with Crippen LogP contribution in [0.2, 0.25) is 0 Å². The molecule has 0 aromatic rings. The van der Waals surface area contributed by atoms with Gasteiger partial charge in [0.25, 0.3) is 0 Å². The minimum Gasteiger partial charge on any atom is -0.394 e. The number of hydrogen-bond acceptors (Lipinski definition) is 4. The van der Waals surface area contributed by atoms with E-state index in [0.717, 1.165) is 25.7 Å². The summed E-state index contributed by atoms with van der Waals surface area (Å²) in [6.45, 7) is 4.22. The smallest absolute Gasteiger partial charge is 0.222 e. The van der Waals surface area contributed by atoms with E-state index in [9.17, 15) is 20.1 Å². The third-order valence-electron chi connectivity index (χ3n) is 9.42. The largest absolute Gasteiger partial charge is 0.394 e. The van der Waals surface area contributed by atoms with Crippen LogP contribution in [-0.2, 0) is 4.79 Å². The fraction of sp³-hybridized carbons (Fsp3) is 0.974. The van der Waals surface area contributed by atoms with Gasteiger partial charge >= 0.3 is 0 Å². The maximum absolute atomic E-state index is 12.3. The monoisotopic (exact) mass is 626 g/mol. The van der Waals surface area contributed by atoms with Gasteiger partial charge in [-0.05, 0) is 12.8 Å². The summed E-state index contributed by atoms with van der Waals surface area (Å²) in [7, 11) is 0. The van der Waals surface area contributed by atoms with E-state index in [1.807, 2.05) is 0 Å². The second-order valence-corrected chi connectivity index (χ2v) is 13.9. The summed E-state index contributed by atoms with van der Waals surface area (Å²) in [4.78, 5) is 12.3. The van der Waals surface area contributed by atoms with Gasteiger partial charge in [0.15, 0.2) is 0 Å². The summed E-state index contributed by atoms with van der Waals surface area (Å²) in [5.41, 5.74) is 0. The second kappa shape index (κ2) is 35.2. The molecule has 0 saturated heterocycles. The lowest BCUT2D eigenvalue weighted by molar-refractivity contribution is -0.125. The van der Waals surface area contributed by atoms with Gasteiger partial charge < -0.3 is 20.6 Å². The van der Waals surface area contributed by atoms with E-state index in [-0.39, 0.29) is 18.9 Å². The fourth-order valence-corrected chi connectivity index (χ4v) is 6.35. The number of amides is 1. The quantitative estimate of drug-likeness (QED) is 0.0521. The molecule has 44 heavy (non-hydrogen) atoms. The fourth-order valence-electron chi connectivity index (χ4n) is 6.35. The van der Waals surface area contributed by atoms with Crippen LogP contribution >= 0.6 is 0 Å².